The molecule has 30 heavy (non-hydrogen) atoms. The van der Waals surface area contributed by atoms with Crippen molar-refractivity contribution in [2.24, 2.45) is 5.92 Å². The molecule has 7 heteroatoms. The number of likely N-dealkylation sites (tertiary alicyclic amines) is 1. The Bertz CT molecular complexity index is 969. The summed E-state index contributed by atoms with van der Waals surface area (Å²) in [6.07, 6.45) is 2.67. The van der Waals surface area contributed by atoms with Gasteiger partial charge in [-0.05, 0) is 61.6 Å². The molecular weight excluding hydrogens is 398 g/mol. The summed E-state index contributed by atoms with van der Waals surface area (Å²) < 4.78 is 27.3. The van der Waals surface area contributed by atoms with Gasteiger partial charge >= 0.3 is 0 Å². The van der Waals surface area contributed by atoms with E-state index in [1.807, 2.05) is 35.2 Å². The van der Waals surface area contributed by atoms with Gasteiger partial charge in [0.05, 0.1) is 4.90 Å². The van der Waals surface area contributed by atoms with Crippen LogP contribution < -0.4 is 5.32 Å². The van der Waals surface area contributed by atoms with E-state index in [-0.39, 0.29) is 16.8 Å². The van der Waals surface area contributed by atoms with Gasteiger partial charge < -0.3 is 10.2 Å². The van der Waals surface area contributed by atoms with Gasteiger partial charge in [-0.1, -0.05) is 25.1 Å². The van der Waals surface area contributed by atoms with E-state index in [1.165, 1.54) is 0 Å². The number of benzene rings is 2. The summed E-state index contributed by atoms with van der Waals surface area (Å²) >= 11 is 0. The van der Waals surface area contributed by atoms with E-state index in [0.29, 0.717) is 37.7 Å². The summed E-state index contributed by atoms with van der Waals surface area (Å²) in [6.45, 7) is 4.61. The van der Waals surface area contributed by atoms with Gasteiger partial charge in [0, 0.05) is 43.5 Å². The van der Waals surface area contributed by atoms with Crippen LogP contribution in [0.3, 0.4) is 0 Å². The third-order valence-electron chi connectivity index (χ3n) is 6.10. The normalized spacial score (nSPS) is 21.0. The van der Waals surface area contributed by atoms with Gasteiger partial charge in [0.2, 0.25) is 10.0 Å². The maximum Gasteiger partial charge on any atom is 0.253 e. The molecule has 1 atom stereocenters. The molecule has 6 nitrogen and oxygen atoms in total. The van der Waals surface area contributed by atoms with Gasteiger partial charge in [0.1, 0.15) is 0 Å². The number of nitrogens with zero attached hydrogens (tertiary/aromatic N) is 2. The van der Waals surface area contributed by atoms with Gasteiger partial charge in [-0.3, -0.25) is 4.79 Å². The SMILES string of the molecule is CC1CCN(S(=O)(=O)c2ccc(C(=O)N3CCC(Nc4ccccc4)C3)cc2)CC1. The van der Waals surface area contributed by atoms with Gasteiger partial charge in [0.15, 0.2) is 0 Å². The van der Waals surface area contributed by atoms with Crippen LogP contribution in [-0.4, -0.2) is 55.8 Å². The highest BCUT2D eigenvalue weighted by atomic mass is 32.2. The molecule has 2 aromatic carbocycles. The minimum absolute atomic E-state index is 0.0527. The number of piperidine rings is 1. The molecule has 2 aliphatic heterocycles. The van der Waals surface area contributed by atoms with E-state index in [4.69, 9.17) is 0 Å². The molecule has 0 aromatic heterocycles. The maximum absolute atomic E-state index is 12.9. The minimum Gasteiger partial charge on any atom is -0.380 e. The standard InChI is InChI=1S/C23H29N3O3S/c1-18-11-15-26(16-12-18)30(28,29)22-9-7-19(8-10-22)23(27)25-14-13-21(17-25)24-20-5-3-2-4-6-20/h2-10,18,21,24H,11-17H2,1H3. The quantitative estimate of drug-likeness (QED) is 0.794. The zero-order valence-electron chi connectivity index (χ0n) is 17.3. The van der Waals surface area contributed by atoms with Crippen LogP contribution in [0.2, 0.25) is 0 Å². The summed E-state index contributed by atoms with van der Waals surface area (Å²) in [4.78, 5) is 15.0. The minimum atomic E-state index is -3.49. The highest BCUT2D eigenvalue weighted by Crippen LogP contribution is 2.24. The topological polar surface area (TPSA) is 69.7 Å². The smallest absolute Gasteiger partial charge is 0.253 e. The number of hydrogen-bond donors (Lipinski definition) is 1. The van der Waals surface area contributed by atoms with Crippen LogP contribution in [0, 0.1) is 5.92 Å². The third-order valence-corrected chi connectivity index (χ3v) is 8.01. The number of anilines is 1. The second-order valence-corrected chi connectivity index (χ2v) is 10.3. The lowest BCUT2D eigenvalue weighted by Crippen LogP contribution is -2.37. The summed E-state index contributed by atoms with van der Waals surface area (Å²) in [7, 11) is -3.49. The Balaban J connectivity index is 1.38. The number of hydrogen-bond acceptors (Lipinski definition) is 4. The lowest BCUT2D eigenvalue weighted by atomic mass is 10.0. The molecule has 2 aromatic rings. The average Bonchev–Trinajstić information content (AvgIpc) is 3.23. The predicted octanol–water partition coefficient (Wildman–Crippen LogP) is 3.43. The summed E-state index contributed by atoms with van der Waals surface area (Å²) in [5, 5.41) is 3.47. The largest absolute Gasteiger partial charge is 0.380 e. The molecule has 2 aliphatic rings. The van der Waals surface area contributed by atoms with Crippen LogP contribution in [0.5, 0.6) is 0 Å². The first-order valence-corrected chi connectivity index (χ1v) is 12.1. The second-order valence-electron chi connectivity index (χ2n) is 8.36. The van der Waals surface area contributed by atoms with E-state index in [0.717, 1.165) is 24.9 Å². The molecule has 160 valence electrons. The van der Waals surface area contributed by atoms with Crippen LogP contribution in [-0.2, 0) is 10.0 Å². The zero-order chi connectivity index (χ0) is 21.1. The fraction of sp³-hybridized carbons (Fsp3) is 0.435. The van der Waals surface area contributed by atoms with Crippen molar-refractivity contribution in [2.45, 2.75) is 37.1 Å². The molecule has 2 fully saturated rings. The van der Waals surface area contributed by atoms with E-state index in [9.17, 15) is 13.2 Å². The number of para-hydroxylation sites is 1. The van der Waals surface area contributed by atoms with Crippen molar-refractivity contribution < 1.29 is 13.2 Å². The van der Waals surface area contributed by atoms with Crippen molar-refractivity contribution in [3.05, 3.63) is 60.2 Å². The number of sulfonamides is 1. The average molecular weight is 428 g/mol. The van der Waals surface area contributed by atoms with E-state index in [2.05, 4.69) is 12.2 Å². The highest BCUT2D eigenvalue weighted by molar-refractivity contribution is 7.89. The molecule has 1 amide bonds. The number of carbonyl (C=O) groups excluding carboxylic acids is 1. The predicted molar refractivity (Wildman–Crippen MR) is 118 cm³/mol. The van der Waals surface area contributed by atoms with Crippen LogP contribution >= 0.6 is 0 Å². The second kappa shape index (κ2) is 8.78. The van der Waals surface area contributed by atoms with Crippen LogP contribution in [0.15, 0.2) is 59.5 Å². The molecule has 2 heterocycles. The van der Waals surface area contributed by atoms with E-state index >= 15 is 0 Å². The van der Waals surface area contributed by atoms with Crippen LogP contribution in [0.1, 0.15) is 36.5 Å². The monoisotopic (exact) mass is 427 g/mol. The van der Waals surface area contributed by atoms with Crippen molar-refractivity contribution in [3.63, 3.8) is 0 Å². The Morgan fingerprint density at radius 3 is 2.27 bits per heavy atom. The molecule has 1 unspecified atom stereocenters. The summed E-state index contributed by atoms with van der Waals surface area (Å²) in [5.41, 5.74) is 1.58. The first kappa shape index (κ1) is 20.9. The van der Waals surface area contributed by atoms with Crippen molar-refractivity contribution in [2.75, 3.05) is 31.5 Å². The number of amides is 1. The van der Waals surface area contributed by atoms with Crippen molar-refractivity contribution in [3.8, 4) is 0 Å². The third kappa shape index (κ3) is 4.52. The van der Waals surface area contributed by atoms with Gasteiger partial charge in [-0.25, -0.2) is 8.42 Å². The molecule has 2 saturated heterocycles. The highest BCUT2D eigenvalue weighted by Gasteiger charge is 2.29. The Morgan fingerprint density at radius 1 is 0.933 bits per heavy atom. The Labute approximate surface area is 178 Å². The Morgan fingerprint density at radius 2 is 1.60 bits per heavy atom. The van der Waals surface area contributed by atoms with Crippen molar-refractivity contribution in [1.29, 1.82) is 0 Å². The fourth-order valence-electron chi connectivity index (χ4n) is 4.16. The first-order chi connectivity index (χ1) is 14.4. The molecular formula is C23H29N3O3S. The van der Waals surface area contributed by atoms with Gasteiger partial charge in [-0.15, -0.1) is 0 Å². The Hall–Kier alpha value is -2.38. The van der Waals surface area contributed by atoms with E-state index in [1.54, 1.807) is 28.6 Å². The zero-order valence-corrected chi connectivity index (χ0v) is 18.1. The molecule has 4 rings (SSSR count). The summed E-state index contributed by atoms with van der Waals surface area (Å²) in [6, 6.07) is 16.6. The van der Waals surface area contributed by atoms with Crippen LogP contribution in [0.25, 0.3) is 0 Å². The van der Waals surface area contributed by atoms with Crippen molar-refractivity contribution in [1.82, 2.24) is 9.21 Å². The lowest BCUT2D eigenvalue weighted by Gasteiger charge is -2.29. The van der Waals surface area contributed by atoms with Gasteiger partial charge in [-0.2, -0.15) is 4.31 Å². The van der Waals surface area contributed by atoms with Gasteiger partial charge in [0.25, 0.3) is 5.91 Å². The molecule has 1 N–H and O–H groups in total. The first-order valence-electron chi connectivity index (χ1n) is 10.6. The molecule has 0 spiro atoms. The molecule has 0 radical (unpaired) electrons. The van der Waals surface area contributed by atoms with Crippen molar-refractivity contribution >= 4 is 21.6 Å². The molecule has 0 saturated carbocycles. The molecule has 0 aliphatic carbocycles. The van der Waals surface area contributed by atoms with Crippen LogP contribution in [0.4, 0.5) is 5.69 Å². The maximum atomic E-state index is 12.9. The summed E-state index contributed by atoms with van der Waals surface area (Å²) in [5.74, 6) is 0.514. The Kier molecular flexibility index (Phi) is 6.11. The number of rotatable bonds is 5. The number of nitrogens with one attached hydrogen (secondary N) is 1. The lowest BCUT2D eigenvalue weighted by molar-refractivity contribution is 0.0791. The molecule has 0 bridgehead atoms. The van der Waals surface area contributed by atoms with E-state index < -0.39 is 10.0 Å². The fourth-order valence-corrected chi connectivity index (χ4v) is 5.63. The number of carbonyl (C=O) groups is 1.